The van der Waals surface area contributed by atoms with Gasteiger partial charge in [0.2, 0.25) is 0 Å². The summed E-state index contributed by atoms with van der Waals surface area (Å²) in [5, 5.41) is 9.86. The first-order valence-electron chi connectivity index (χ1n) is 5.22. The lowest BCUT2D eigenvalue weighted by molar-refractivity contribution is 0.198. The Labute approximate surface area is 109 Å². The van der Waals surface area contributed by atoms with Gasteiger partial charge in [-0.2, -0.15) is 11.8 Å². The normalized spacial score (nSPS) is 13.1. The van der Waals surface area contributed by atoms with Crippen LogP contribution in [0.25, 0.3) is 0 Å². The summed E-state index contributed by atoms with van der Waals surface area (Å²) in [6, 6.07) is 4.99. The van der Waals surface area contributed by atoms with Crippen LogP contribution in [0.1, 0.15) is 25.5 Å². The lowest BCUT2D eigenvalue weighted by atomic mass is 10.1. The minimum atomic E-state index is -0.735. The Morgan fingerprint density at radius 1 is 1.38 bits per heavy atom. The molecule has 0 fully saturated rings. The van der Waals surface area contributed by atoms with Crippen LogP contribution in [-0.2, 0) is 0 Å². The van der Waals surface area contributed by atoms with Crippen LogP contribution < -0.4 is 0 Å². The predicted molar refractivity (Wildman–Crippen MR) is 71.2 cm³/mol. The van der Waals surface area contributed by atoms with Gasteiger partial charge in [0.05, 0.1) is 10.6 Å². The van der Waals surface area contributed by atoms with Crippen molar-refractivity contribution in [2.45, 2.75) is 20.0 Å². The minimum Gasteiger partial charge on any atom is -0.387 e. The molecule has 1 N–H and O–H groups in total. The number of thioether (sulfide) groups is 1. The number of halogens is 2. The average molecular weight is 307 g/mol. The van der Waals surface area contributed by atoms with E-state index in [0.29, 0.717) is 21.7 Å². The Morgan fingerprint density at radius 2 is 2.06 bits per heavy atom. The maximum Gasteiger partial charge on any atom is 0.143 e. The fraction of sp³-hybridized carbons (Fsp3) is 0.500. The van der Waals surface area contributed by atoms with Crippen molar-refractivity contribution < 1.29 is 9.50 Å². The molecule has 0 radical (unpaired) electrons. The molecule has 0 aliphatic heterocycles. The lowest BCUT2D eigenvalue weighted by Crippen LogP contribution is -2.05. The zero-order chi connectivity index (χ0) is 12.1. The van der Waals surface area contributed by atoms with Gasteiger partial charge in [0.25, 0.3) is 0 Å². The van der Waals surface area contributed by atoms with Crippen molar-refractivity contribution >= 4 is 27.7 Å². The minimum absolute atomic E-state index is 0.361. The molecule has 0 saturated heterocycles. The highest BCUT2D eigenvalue weighted by molar-refractivity contribution is 9.10. The van der Waals surface area contributed by atoms with E-state index in [9.17, 15) is 9.50 Å². The first kappa shape index (κ1) is 14.0. The van der Waals surface area contributed by atoms with Gasteiger partial charge in [-0.3, -0.25) is 0 Å². The summed E-state index contributed by atoms with van der Waals surface area (Å²) in [4.78, 5) is 0. The largest absolute Gasteiger partial charge is 0.387 e. The van der Waals surface area contributed by atoms with Crippen molar-refractivity contribution in [1.29, 1.82) is 0 Å². The van der Waals surface area contributed by atoms with Crippen molar-refractivity contribution in [1.82, 2.24) is 0 Å². The smallest absolute Gasteiger partial charge is 0.143 e. The van der Waals surface area contributed by atoms with Crippen LogP contribution in [0.2, 0.25) is 0 Å². The number of hydrogen-bond donors (Lipinski definition) is 1. The predicted octanol–water partition coefficient (Wildman–Crippen LogP) is 4.01. The summed E-state index contributed by atoms with van der Waals surface area (Å²) in [6.45, 7) is 4.25. The van der Waals surface area contributed by atoms with Gasteiger partial charge in [-0.1, -0.05) is 26.0 Å². The van der Waals surface area contributed by atoms with Crippen LogP contribution >= 0.6 is 27.7 Å². The molecule has 0 bridgehead atoms. The molecule has 1 nitrogen and oxygen atoms in total. The molecule has 0 aliphatic carbocycles. The average Bonchev–Trinajstić information content (AvgIpc) is 2.21. The van der Waals surface area contributed by atoms with E-state index in [0.717, 1.165) is 5.75 Å². The molecule has 1 aromatic carbocycles. The maximum absolute atomic E-state index is 13.6. The third-order valence-corrected chi connectivity index (χ3v) is 4.13. The molecule has 1 aromatic rings. The third kappa shape index (κ3) is 4.07. The number of rotatable bonds is 5. The van der Waals surface area contributed by atoms with Crippen LogP contribution in [-0.4, -0.2) is 16.6 Å². The molecule has 16 heavy (non-hydrogen) atoms. The van der Waals surface area contributed by atoms with Gasteiger partial charge in [-0.05, 0) is 33.7 Å². The van der Waals surface area contributed by atoms with E-state index in [1.54, 1.807) is 30.0 Å². The third-order valence-electron chi connectivity index (χ3n) is 2.07. The van der Waals surface area contributed by atoms with Crippen molar-refractivity contribution in [3.63, 3.8) is 0 Å². The van der Waals surface area contributed by atoms with E-state index in [1.807, 2.05) is 0 Å². The van der Waals surface area contributed by atoms with Crippen LogP contribution in [0.3, 0.4) is 0 Å². The molecule has 0 saturated carbocycles. The highest BCUT2D eigenvalue weighted by Crippen LogP contribution is 2.26. The number of benzene rings is 1. The second-order valence-corrected chi connectivity index (χ2v) is 6.02. The monoisotopic (exact) mass is 306 g/mol. The van der Waals surface area contributed by atoms with Crippen LogP contribution in [0, 0.1) is 11.7 Å². The zero-order valence-corrected chi connectivity index (χ0v) is 11.8. The van der Waals surface area contributed by atoms with Crippen LogP contribution in [0.4, 0.5) is 4.39 Å². The van der Waals surface area contributed by atoms with Crippen molar-refractivity contribution in [3.05, 3.63) is 34.1 Å². The van der Waals surface area contributed by atoms with Crippen molar-refractivity contribution in [2.24, 2.45) is 5.92 Å². The van der Waals surface area contributed by atoms with Gasteiger partial charge in [0.15, 0.2) is 0 Å². The Hall–Kier alpha value is -0.0600. The van der Waals surface area contributed by atoms with Crippen LogP contribution in [0.5, 0.6) is 0 Å². The molecule has 0 aliphatic rings. The number of aliphatic hydroxyl groups is 1. The van der Waals surface area contributed by atoms with E-state index in [2.05, 4.69) is 29.8 Å². The molecule has 0 aromatic heterocycles. The summed E-state index contributed by atoms with van der Waals surface area (Å²) in [7, 11) is 0. The molecule has 0 amide bonds. The molecule has 90 valence electrons. The molecule has 1 unspecified atom stereocenters. The summed E-state index contributed by atoms with van der Waals surface area (Å²) in [6.07, 6.45) is -0.735. The molecule has 0 spiro atoms. The Kier molecular flexibility index (Phi) is 5.79. The summed E-state index contributed by atoms with van der Waals surface area (Å²) in [5.74, 6) is 1.74. The van der Waals surface area contributed by atoms with Gasteiger partial charge in [0, 0.05) is 11.3 Å². The highest BCUT2D eigenvalue weighted by Gasteiger charge is 2.14. The molecule has 1 atom stereocenters. The molecule has 4 heteroatoms. The van der Waals surface area contributed by atoms with E-state index in [4.69, 9.17) is 0 Å². The van der Waals surface area contributed by atoms with Crippen molar-refractivity contribution in [3.8, 4) is 0 Å². The summed E-state index contributed by atoms with van der Waals surface area (Å²) < 4.78 is 14.0. The maximum atomic E-state index is 13.6. The highest BCUT2D eigenvalue weighted by atomic mass is 79.9. The van der Waals surface area contributed by atoms with E-state index < -0.39 is 6.10 Å². The molecule has 0 heterocycles. The SMILES string of the molecule is CC(C)CSCC(O)c1cccc(Br)c1F. The lowest BCUT2D eigenvalue weighted by Gasteiger charge is -2.13. The van der Waals surface area contributed by atoms with Gasteiger partial charge in [-0.15, -0.1) is 0 Å². The first-order valence-corrected chi connectivity index (χ1v) is 7.17. The number of hydrogen-bond acceptors (Lipinski definition) is 2. The summed E-state index contributed by atoms with van der Waals surface area (Å²) >= 11 is 4.76. The standard InChI is InChI=1S/C12H16BrFOS/c1-8(2)6-16-7-11(15)9-4-3-5-10(13)12(9)14/h3-5,8,11,15H,6-7H2,1-2H3. The van der Waals surface area contributed by atoms with E-state index >= 15 is 0 Å². The number of aliphatic hydroxyl groups excluding tert-OH is 1. The first-order chi connectivity index (χ1) is 7.52. The summed E-state index contributed by atoms with van der Waals surface area (Å²) in [5.41, 5.74) is 0.366. The fourth-order valence-electron chi connectivity index (χ4n) is 1.28. The van der Waals surface area contributed by atoms with Crippen molar-refractivity contribution in [2.75, 3.05) is 11.5 Å². The molecular weight excluding hydrogens is 291 g/mol. The quantitative estimate of drug-likeness (QED) is 0.887. The van der Waals surface area contributed by atoms with Gasteiger partial charge >= 0.3 is 0 Å². The van der Waals surface area contributed by atoms with Gasteiger partial charge in [0.1, 0.15) is 5.82 Å². The van der Waals surface area contributed by atoms with Gasteiger partial charge < -0.3 is 5.11 Å². The molecular formula is C12H16BrFOS. The Bertz CT molecular complexity index is 344. The van der Waals surface area contributed by atoms with Crippen LogP contribution in [0.15, 0.2) is 22.7 Å². The van der Waals surface area contributed by atoms with E-state index in [-0.39, 0.29) is 5.82 Å². The van der Waals surface area contributed by atoms with Gasteiger partial charge in [-0.25, -0.2) is 4.39 Å². The Morgan fingerprint density at radius 3 is 2.69 bits per heavy atom. The zero-order valence-electron chi connectivity index (χ0n) is 9.41. The molecule has 1 rings (SSSR count). The fourth-order valence-corrected chi connectivity index (χ4v) is 2.67. The Balaban J connectivity index is 2.59. The second-order valence-electron chi connectivity index (χ2n) is 4.09. The second kappa shape index (κ2) is 6.62. The topological polar surface area (TPSA) is 20.2 Å². The van der Waals surface area contributed by atoms with E-state index in [1.165, 1.54) is 0 Å².